The van der Waals surface area contributed by atoms with Gasteiger partial charge in [0.1, 0.15) is 5.69 Å². The fourth-order valence-electron chi connectivity index (χ4n) is 2.31. The third kappa shape index (κ3) is 2.93. The normalized spacial score (nSPS) is 23.6. The Hall–Kier alpha value is -1.65. The zero-order valence-corrected chi connectivity index (χ0v) is 9.90. The number of carbonyl (C=O) groups is 1. The predicted molar refractivity (Wildman–Crippen MR) is 63.7 cm³/mol. The van der Waals surface area contributed by atoms with Crippen LogP contribution in [0.3, 0.4) is 0 Å². The van der Waals surface area contributed by atoms with Crippen molar-refractivity contribution in [1.82, 2.24) is 15.5 Å². The number of nitrogens with zero attached hydrogens (tertiary/aromatic N) is 1. The topological polar surface area (TPSA) is 74.8 Å². The lowest BCUT2D eigenvalue weighted by molar-refractivity contribution is 0.0938. The monoisotopic (exact) mass is 235 g/mol. The van der Waals surface area contributed by atoms with E-state index < -0.39 is 0 Å². The summed E-state index contributed by atoms with van der Waals surface area (Å²) in [7, 11) is 0. The fraction of sp³-hybridized carbons (Fsp3) is 0.583. The molecule has 1 heterocycles. The van der Waals surface area contributed by atoms with Gasteiger partial charge in [0.2, 0.25) is 0 Å². The van der Waals surface area contributed by atoms with E-state index in [2.05, 4.69) is 22.4 Å². The zero-order chi connectivity index (χ0) is 12.3. The number of hydrogen-bond donors (Lipinski definition) is 2. The van der Waals surface area contributed by atoms with Crippen LogP contribution in [-0.4, -0.2) is 22.6 Å². The Bertz CT molecular complexity index is 435. The Balaban J connectivity index is 1.89. The van der Waals surface area contributed by atoms with Crippen LogP contribution < -0.4 is 10.9 Å². The molecule has 5 nitrogen and oxygen atoms in total. The van der Waals surface area contributed by atoms with Gasteiger partial charge in [0.25, 0.3) is 11.5 Å². The molecule has 1 aromatic heterocycles. The third-order valence-corrected chi connectivity index (χ3v) is 3.48. The molecule has 2 rings (SSSR count). The summed E-state index contributed by atoms with van der Waals surface area (Å²) in [6.07, 6.45) is 3.68. The van der Waals surface area contributed by atoms with E-state index >= 15 is 0 Å². The van der Waals surface area contributed by atoms with Gasteiger partial charge in [-0.3, -0.25) is 9.59 Å². The van der Waals surface area contributed by atoms with Gasteiger partial charge in [-0.25, -0.2) is 5.10 Å². The van der Waals surface area contributed by atoms with Crippen molar-refractivity contribution in [2.75, 3.05) is 6.54 Å². The van der Waals surface area contributed by atoms with Gasteiger partial charge < -0.3 is 5.32 Å². The molecule has 1 aliphatic rings. The number of amides is 1. The first-order valence-electron chi connectivity index (χ1n) is 6.01. The number of hydrogen-bond acceptors (Lipinski definition) is 3. The summed E-state index contributed by atoms with van der Waals surface area (Å²) in [5.41, 5.74) is -0.0405. The van der Waals surface area contributed by atoms with Gasteiger partial charge in [0.15, 0.2) is 0 Å². The number of aromatic amines is 1. The molecule has 92 valence electrons. The number of nitrogens with one attached hydrogen (secondary N) is 2. The summed E-state index contributed by atoms with van der Waals surface area (Å²) in [6.45, 7) is 2.92. The molecule has 0 bridgehead atoms. The lowest BCUT2D eigenvalue weighted by Gasteiger charge is -2.15. The number of carbonyl (C=O) groups excluding carboxylic acids is 1. The molecule has 2 atom stereocenters. The van der Waals surface area contributed by atoms with E-state index in [0.717, 1.165) is 0 Å². The largest absolute Gasteiger partial charge is 0.350 e. The lowest BCUT2D eigenvalue weighted by Crippen LogP contribution is -2.31. The van der Waals surface area contributed by atoms with E-state index in [1.54, 1.807) is 0 Å². The molecule has 0 radical (unpaired) electrons. The first-order valence-corrected chi connectivity index (χ1v) is 6.01. The van der Waals surface area contributed by atoms with Gasteiger partial charge in [-0.1, -0.05) is 19.8 Å². The minimum absolute atomic E-state index is 0.222. The summed E-state index contributed by atoms with van der Waals surface area (Å²) >= 11 is 0. The van der Waals surface area contributed by atoms with Crippen molar-refractivity contribution in [3.63, 3.8) is 0 Å². The number of rotatable bonds is 3. The van der Waals surface area contributed by atoms with Crippen LogP contribution >= 0.6 is 0 Å². The van der Waals surface area contributed by atoms with E-state index in [9.17, 15) is 9.59 Å². The minimum Gasteiger partial charge on any atom is -0.350 e. The Morgan fingerprint density at radius 1 is 1.53 bits per heavy atom. The molecule has 0 aliphatic heterocycles. The summed E-state index contributed by atoms with van der Waals surface area (Å²) in [5.74, 6) is 1.03. The van der Waals surface area contributed by atoms with E-state index in [0.29, 0.717) is 18.4 Å². The third-order valence-electron chi connectivity index (χ3n) is 3.48. The predicted octanol–water partition coefficient (Wildman–Crippen LogP) is 0.936. The Morgan fingerprint density at radius 2 is 2.35 bits per heavy atom. The van der Waals surface area contributed by atoms with Gasteiger partial charge in [0, 0.05) is 12.6 Å². The van der Waals surface area contributed by atoms with Crippen molar-refractivity contribution in [2.24, 2.45) is 11.8 Å². The summed E-state index contributed by atoms with van der Waals surface area (Å²) < 4.78 is 0. The Kier molecular flexibility index (Phi) is 3.56. The average molecular weight is 235 g/mol. The van der Waals surface area contributed by atoms with Crippen LogP contribution in [-0.2, 0) is 0 Å². The second kappa shape index (κ2) is 5.12. The van der Waals surface area contributed by atoms with Crippen LogP contribution in [0.5, 0.6) is 0 Å². The molecule has 1 aromatic rings. The molecule has 2 unspecified atom stereocenters. The van der Waals surface area contributed by atoms with Crippen molar-refractivity contribution in [3.8, 4) is 0 Å². The van der Waals surface area contributed by atoms with Gasteiger partial charge in [-0.2, -0.15) is 5.10 Å². The van der Waals surface area contributed by atoms with Crippen molar-refractivity contribution < 1.29 is 4.79 Å². The summed E-state index contributed by atoms with van der Waals surface area (Å²) in [6, 6.07) is 2.74. The second-order valence-electron chi connectivity index (χ2n) is 4.68. The molecule has 0 saturated heterocycles. The molecule has 1 amide bonds. The lowest BCUT2D eigenvalue weighted by atomic mass is 9.98. The van der Waals surface area contributed by atoms with E-state index in [-0.39, 0.29) is 17.2 Å². The molecule has 1 aliphatic carbocycles. The first kappa shape index (κ1) is 11.8. The molecule has 0 spiro atoms. The van der Waals surface area contributed by atoms with Crippen molar-refractivity contribution in [3.05, 3.63) is 28.2 Å². The van der Waals surface area contributed by atoms with Crippen LogP contribution in [0.4, 0.5) is 0 Å². The van der Waals surface area contributed by atoms with Crippen LogP contribution in [0.2, 0.25) is 0 Å². The maximum Gasteiger partial charge on any atom is 0.271 e. The Morgan fingerprint density at radius 3 is 2.94 bits per heavy atom. The number of aromatic nitrogens is 2. The maximum atomic E-state index is 11.7. The maximum absolute atomic E-state index is 11.7. The molecule has 1 saturated carbocycles. The van der Waals surface area contributed by atoms with Gasteiger partial charge in [-0.15, -0.1) is 0 Å². The van der Waals surface area contributed by atoms with Gasteiger partial charge in [-0.05, 0) is 24.3 Å². The second-order valence-corrected chi connectivity index (χ2v) is 4.68. The van der Waals surface area contributed by atoms with Crippen LogP contribution in [0.25, 0.3) is 0 Å². The molecule has 2 N–H and O–H groups in total. The highest BCUT2D eigenvalue weighted by Crippen LogP contribution is 2.30. The molecule has 5 heteroatoms. The molecule has 1 fully saturated rings. The van der Waals surface area contributed by atoms with Crippen molar-refractivity contribution >= 4 is 5.91 Å². The van der Waals surface area contributed by atoms with E-state index in [4.69, 9.17) is 0 Å². The van der Waals surface area contributed by atoms with Gasteiger partial charge >= 0.3 is 0 Å². The summed E-state index contributed by atoms with van der Waals surface area (Å²) in [5, 5.41) is 8.81. The van der Waals surface area contributed by atoms with Crippen molar-refractivity contribution in [2.45, 2.75) is 26.2 Å². The van der Waals surface area contributed by atoms with E-state index in [1.807, 2.05) is 0 Å². The van der Waals surface area contributed by atoms with Crippen LogP contribution in [0.15, 0.2) is 16.9 Å². The zero-order valence-electron chi connectivity index (χ0n) is 9.90. The quantitative estimate of drug-likeness (QED) is 0.818. The first-order chi connectivity index (χ1) is 8.16. The SMILES string of the molecule is CC1CCCC1CNC(=O)c1ccc(=O)[nH]n1. The molecule has 0 aromatic carbocycles. The average Bonchev–Trinajstić information content (AvgIpc) is 2.73. The standard InChI is InChI=1S/C12H17N3O2/c1-8-3-2-4-9(8)7-13-12(17)10-5-6-11(16)15-14-10/h5-6,8-9H,2-4,7H2,1H3,(H,13,17)(H,15,16). The molecular formula is C12H17N3O2. The Labute approximate surface area is 99.6 Å². The van der Waals surface area contributed by atoms with Gasteiger partial charge in [0.05, 0.1) is 0 Å². The minimum atomic E-state index is -0.300. The highest BCUT2D eigenvalue weighted by Gasteiger charge is 2.23. The van der Waals surface area contributed by atoms with Crippen LogP contribution in [0, 0.1) is 11.8 Å². The highest BCUT2D eigenvalue weighted by molar-refractivity contribution is 5.91. The highest BCUT2D eigenvalue weighted by atomic mass is 16.2. The molecular weight excluding hydrogens is 218 g/mol. The number of H-pyrrole nitrogens is 1. The van der Waals surface area contributed by atoms with Crippen molar-refractivity contribution in [1.29, 1.82) is 0 Å². The molecule has 17 heavy (non-hydrogen) atoms. The smallest absolute Gasteiger partial charge is 0.271 e. The fourth-order valence-corrected chi connectivity index (χ4v) is 2.31. The van der Waals surface area contributed by atoms with Crippen LogP contribution in [0.1, 0.15) is 36.7 Å². The van der Waals surface area contributed by atoms with E-state index in [1.165, 1.54) is 31.4 Å². The summed E-state index contributed by atoms with van der Waals surface area (Å²) in [4.78, 5) is 22.5.